The van der Waals surface area contributed by atoms with Crippen LogP contribution in [-0.4, -0.2) is 38.5 Å². The van der Waals surface area contributed by atoms with Gasteiger partial charge in [-0.2, -0.15) is 0 Å². The Morgan fingerprint density at radius 1 is 1.00 bits per heavy atom. The van der Waals surface area contributed by atoms with E-state index in [4.69, 9.17) is 0 Å². The molecule has 1 aliphatic carbocycles. The molecule has 2 aromatic rings. The summed E-state index contributed by atoms with van der Waals surface area (Å²) in [6.07, 6.45) is 2.16. The van der Waals surface area contributed by atoms with E-state index < -0.39 is 0 Å². The standard InChI is InChI=1S/C22H26F2N4O.HI/c1-25-21(28-15-22(8-9-22)17-5-3-7-19(24)14-17)27-11-10-26-20(29)13-16-4-2-6-18(23)12-16;/h2-7,12,14H,8-11,13,15H2,1H3,(H,26,29)(H2,25,27,28);1H. The molecule has 0 saturated heterocycles. The molecule has 1 amide bonds. The number of carbonyl (C=O) groups is 1. The van der Waals surface area contributed by atoms with Crippen LogP contribution >= 0.6 is 24.0 Å². The van der Waals surface area contributed by atoms with Crippen molar-refractivity contribution in [2.75, 3.05) is 26.7 Å². The highest BCUT2D eigenvalue weighted by molar-refractivity contribution is 14.0. The van der Waals surface area contributed by atoms with Crippen molar-refractivity contribution in [1.29, 1.82) is 0 Å². The summed E-state index contributed by atoms with van der Waals surface area (Å²) in [5, 5.41) is 9.24. The van der Waals surface area contributed by atoms with Gasteiger partial charge >= 0.3 is 0 Å². The lowest BCUT2D eigenvalue weighted by Crippen LogP contribution is -2.44. The van der Waals surface area contributed by atoms with E-state index in [1.54, 1.807) is 31.3 Å². The molecule has 0 unspecified atom stereocenters. The zero-order valence-electron chi connectivity index (χ0n) is 16.9. The smallest absolute Gasteiger partial charge is 0.224 e. The molecular formula is C22H27F2IN4O. The van der Waals surface area contributed by atoms with Gasteiger partial charge in [-0.05, 0) is 48.2 Å². The average molecular weight is 528 g/mol. The molecule has 3 rings (SSSR count). The summed E-state index contributed by atoms with van der Waals surface area (Å²) in [7, 11) is 1.68. The Kier molecular flexibility index (Phi) is 9.01. The van der Waals surface area contributed by atoms with Gasteiger partial charge in [0, 0.05) is 32.1 Å². The molecule has 1 saturated carbocycles. The summed E-state index contributed by atoms with van der Waals surface area (Å²) in [6.45, 7) is 1.59. The van der Waals surface area contributed by atoms with Gasteiger partial charge in [-0.1, -0.05) is 24.3 Å². The second-order valence-electron chi connectivity index (χ2n) is 7.30. The van der Waals surface area contributed by atoms with E-state index in [9.17, 15) is 13.6 Å². The number of rotatable bonds is 8. The number of hydrogen-bond donors (Lipinski definition) is 3. The van der Waals surface area contributed by atoms with Crippen molar-refractivity contribution in [3.8, 4) is 0 Å². The van der Waals surface area contributed by atoms with Crippen LogP contribution in [0.25, 0.3) is 0 Å². The Morgan fingerprint density at radius 2 is 1.67 bits per heavy atom. The van der Waals surface area contributed by atoms with Crippen LogP contribution in [0, 0.1) is 11.6 Å². The lowest BCUT2D eigenvalue weighted by Gasteiger charge is -2.19. The number of carbonyl (C=O) groups excluding carboxylic acids is 1. The van der Waals surface area contributed by atoms with Gasteiger partial charge in [-0.25, -0.2) is 8.78 Å². The average Bonchev–Trinajstić information content (AvgIpc) is 3.49. The Labute approximate surface area is 192 Å². The van der Waals surface area contributed by atoms with E-state index in [0.717, 1.165) is 18.4 Å². The highest BCUT2D eigenvalue weighted by Gasteiger charge is 2.44. The molecular weight excluding hydrogens is 501 g/mol. The van der Waals surface area contributed by atoms with Gasteiger partial charge < -0.3 is 16.0 Å². The van der Waals surface area contributed by atoms with Crippen LogP contribution in [0.3, 0.4) is 0 Å². The lowest BCUT2D eigenvalue weighted by molar-refractivity contribution is -0.120. The Bertz CT molecular complexity index is 887. The number of hydrogen-bond acceptors (Lipinski definition) is 2. The van der Waals surface area contributed by atoms with E-state index in [2.05, 4.69) is 20.9 Å². The van der Waals surface area contributed by atoms with Crippen LogP contribution < -0.4 is 16.0 Å². The molecule has 1 aliphatic rings. The van der Waals surface area contributed by atoms with E-state index in [1.165, 1.54) is 18.2 Å². The highest BCUT2D eigenvalue weighted by Crippen LogP contribution is 2.47. The number of guanidine groups is 1. The molecule has 0 atom stereocenters. The minimum atomic E-state index is -0.349. The van der Waals surface area contributed by atoms with Gasteiger partial charge in [0.05, 0.1) is 6.42 Å². The van der Waals surface area contributed by atoms with Gasteiger partial charge in [0.15, 0.2) is 5.96 Å². The molecule has 162 valence electrons. The van der Waals surface area contributed by atoms with Crippen LogP contribution in [0.5, 0.6) is 0 Å². The highest BCUT2D eigenvalue weighted by atomic mass is 127. The maximum absolute atomic E-state index is 13.5. The summed E-state index contributed by atoms with van der Waals surface area (Å²) in [5.41, 5.74) is 1.60. The molecule has 0 aliphatic heterocycles. The first kappa shape index (κ1) is 24.0. The number of aliphatic imine (C=N–C) groups is 1. The number of amides is 1. The predicted molar refractivity (Wildman–Crippen MR) is 125 cm³/mol. The van der Waals surface area contributed by atoms with Gasteiger partial charge in [0.1, 0.15) is 11.6 Å². The van der Waals surface area contributed by atoms with Crippen molar-refractivity contribution >= 4 is 35.8 Å². The number of nitrogens with zero attached hydrogens (tertiary/aromatic N) is 1. The third kappa shape index (κ3) is 6.93. The molecule has 0 aromatic heterocycles. The van der Waals surface area contributed by atoms with E-state index in [0.29, 0.717) is 31.2 Å². The Balaban J connectivity index is 0.00000320. The summed E-state index contributed by atoms with van der Waals surface area (Å²) < 4.78 is 26.7. The first-order valence-corrected chi connectivity index (χ1v) is 9.72. The topological polar surface area (TPSA) is 65.5 Å². The van der Waals surface area contributed by atoms with E-state index in [-0.39, 0.29) is 53.4 Å². The van der Waals surface area contributed by atoms with Gasteiger partial charge in [0.25, 0.3) is 0 Å². The third-order valence-corrected chi connectivity index (χ3v) is 5.10. The fourth-order valence-corrected chi connectivity index (χ4v) is 3.29. The Morgan fingerprint density at radius 3 is 2.30 bits per heavy atom. The largest absolute Gasteiger partial charge is 0.356 e. The van der Waals surface area contributed by atoms with E-state index >= 15 is 0 Å². The van der Waals surface area contributed by atoms with Gasteiger partial charge in [0.2, 0.25) is 5.91 Å². The molecule has 5 nitrogen and oxygen atoms in total. The fraction of sp³-hybridized carbons (Fsp3) is 0.364. The zero-order chi connectivity index (χ0) is 20.7. The lowest BCUT2D eigenvalue weighted by atomic mass is 9.96. The van der Waals surface area contributed by atoms with Crippen molar-refractivity contribution in [3.05, 3.63) is 71.3 Å². The normalized spacial score (nSPS) is 14.4. The summed E-state index contributed by atoms with van der Waals surface area (Å²) in [4.78, 5) is 16.1. The summed E-state index contributed by atoms with van der Waals surface area (Å²) in [6, 6.07) is 12.8. The van der Waals surface area contributed by atoms with E-state index in [1.807, 2.05) is 6.07 Å². The third-order valence-electron chi connectivity index (χ3n) is 5.10. The first-order chi connectivity index (χ1) is 14.0. The molecule has 3 N–H and O–H groups in total. The summed E-state index contributed by atoms with van der Waals surface area (Å²) in [5.74, 6) is -0.0979. The van der Waals surface area contributed by atoms with Gasteiger partial charge in [-0.15, -0.1) is 24.0 Å². The maximum Gasteiger partial charge on any atom is 0.224 e. The number of benzene rings is 2. The number of nitrogens with one attached hydrogen (secondary N) is 3. The van der Waals surface area contributed by atoms with Crippen LogP contribution in [0.2, 0.25) is 0 Å². The Hall–Kier alpha value is -2.23. The molecule has 0 spiro atoms. The summed E-state index contributed by atoms with van der Waals surface area (Å²) >= 11 is 0. The minimum Gasteiger partial charge on any atom is -0.356 e. The van der Waals surface area contributed by atoms with Crippen molar-refractivity contribution in [1.82, 2.24) is 16.0 Å². The maximum atomic E-state index is 13.5. The SMILES string of the molecule is CN=C(NCCNC(=O)Cc1cccc(F)c1)NCC1(c2cccc(F)c2)CC1.I. The monoisotopic (exact) mass is 528 g/mol. The fourth-order valence-electron chi connectivity index (χ4n) is 3.29. The zero-order valence-corrected chi connectivity index (χ0v) is 19.2. The van der Waals surface area contributed by atoms with Crippen molar-refractivity contribution < 1.29 is 13.6 Å². The van der Waals surface area contributed by atoms with Crippen LogP contribution in [0.15, 0.2) is 53.5 Å². The number of halogens is 3. The molecule has 8 heteroatoms. The van der Waals surface area contributed by atoms with Crippen molar-refractivity contribution in [2.24, 2.45) is 4.99 Å². The molecule has 0 heterocycles. The van der Waals surface area contributed by atoms with Gasteiger partial charge in [-0.3, -0.25) is 9.79 Å². The minimum absolute atomic E-state index is 0. The molecule has 0 radical (unpaired) electrons. The second-order valence-corrected chi connectivity index (χ2v) is 7.30. The molecule has 1 fully saturated rings. The first-order valence-electron chi connectivity index (χ1n) is 9.72. The molecule has 30 heavy (non-hydrogen) atoms. The van der Waals surface area contributed by atoms with Crippen molar-refractivity contribution in [3.63, 3.8) is 0 Å². The second kappa shape index (κ2) is 11.2. The van der Waals surface area contributed by atoms with Crippen molar-refractivity contribution in [2.45, 2.75) is 24.7 Å². The van der Waals surface area contributed by atoms with Crippen LogP contribution in [-0.2, 0) is 16.6 Å². The predicted octanol–water partition coefficient (Wildman–Crippen LogP) is 3.14. The quantitative estimate of drug-likeness (QED) is 0.214. The molecule has 0 bridgehead atoms. The van der Waals surface area contributed by atoms with Crippen LogP contribution in [0.4, 0.5) is 8.78 Å². The molecule has 2 aromatic carbocycles. The van der Waals surface area contributed by atoms with Crippen LogP contribution in [0.1, 0.15) is 24.0 Å².